The topological polar surface area (TPSA) is 30.5 Å². The molecule has 0 aliphatic rings. The molecule has 0 fully saturated rings. The zero-order valence-electron chi connectivity index (χ0n) is 13.7. The Labute approximate surface area is 123 Å². The van der Waals surface area contributed by atoms with Gasteiger partial charge < -0.3 is 14.8 Å². The Bertz CT molecular complexity index is 379. The molecule has 0 saturated carbocycles. The lowest BCUT2D eigenvalue weighted by Gasteiger charge is -2.28. The van der Waals surface area contributed by atoms with Gasteiger partial charge in [0.05, 0.1) is 6.61 Å². The minimum atomic E-state index is 0.106. The summed E-state index contributed by atoms with van der Waals surface area (Å²) < 4.78 is 11.5. The highest BCUT2D eigenvalue weighted by Crippen LogP contribution is 2.20. The lowest BCUT2D eigenvalue weighted by Crippen LogP contribution is -2.44. The average molecular weight is 279 g/mol. The van der Waals surface area contributed by atoms with E-state index in [2.05, 4.69) is 39.9 Å². The summed E-state index contributed by atoms with van der Waals surface area (Å²) in [5, 5.41) is 3.51. The van der Waals surface area contributed by atoms with E-state index < -0.39 is 0 Å². The highest BCUT2D eigenvalue weighted by Gasteiger charge is 2.18. The Hall–Kier alpha value is -1.22. The van der Waals surface area contributed by atoms with Crippen LogP contribution in [0.4, 0.5) is 0 Å². The fourth-order valence-corrected chi connectivity index (χ4v) is 1.78. The van der Waals surface area contributed by atoms with Crippen LogP contribution in [0.15, 0.2) is 24.3 Å². The van der Waals surface area contributed by atoms with Crippen LogP contribution < -0.4 is 14.8 Å². The molecule has 0 spiro atoms. The Morgan fingerprint density at radius 3 is 2.05 bits per heavy atom. The molecule has 1 aromatic carbocycles. The summed E-state index contributed by atoms with van der Waals surface area (Å²) >= 11 is 0. The molecule has 0 radical (unpaired) electrons. The monoisotopic (exact) mass is 279 g/mol. The van der Waals surface area contributed by atoms with Crippen molar-refractivity contribution in [3.8, 4) is 11.5 Å². The second-order valence-electron chi connectivity index (χ2n) is 6.44. The van der Waals surface area contributed by atoms with E-state index >= 15 is 0 Å². The van der Waals surface area contributed by atoms with Crippen molar-refractivity contribution in [1.82, 2.24) is 5.32 Å². The van der Waals surface area contributed by atoms with Gasteiger partial charge in [0.1, 0.15) is 17.6 Å². The first-order valence-corrected chi connectivity index (χ1v) is 7.46. The molecule has 0 aromatic heterocycles. The van der Waals surface area contributed by atoms with Gasteiger partial charge in [-0.05, 0) is 57.9 Å². The van der Waals surface area contributed by atoms with Crippen LogP contribution >= 0.6 is 0 Å². The molecule has 1 unspecified atom stereocenters. The van der Waals surface area contributed by atoms with Gasteiger partial charge in [-0.15, -0.1) is 0 Å². The maximum atomic E-state index is 6.09. The minimum Gasteiger partial charge on any atom is -0.494 e. The van der Waals surface area contributed by atoms with E-state index in [4.69, 9.17) is 9.47 Å². The molecule has 1 aromatic rings. The van der Waals surface area contributed by atoms with Gasteiger partial charge in [0.15, 0.2) is 0 Å². The van der Waals surface area contributed by atoms with E-state index in [0.717, 1.165) is 18.0 Å². The summed E-state index contributed by atoms with van der Waals surface area (Å²) in [7, 11) is 0. The maximum Gasteiger partial charge on any atom is 0.120 e. The third kappa shape index (κ3) is 6.29. The van der Waals surface area contributed by atoms with Gasteiger partial charge in [-0.3, -0.25) is 0 Å². The highest BCUT2D eigenvalue weighted by atomic mass is 16.5. The van der Waals surface area contributed by atoms with Gasteiger partial charge >= 0.3 is 0 Å². The van der Waals surface area contributed by atoms with E-state index in [-0.39, 0.29) is 11.6 Å². The van der Waals surface area contributed by atoms with Crippen LogP contribution in [0, 0.1) is 5.92 Å². The van der Waals surface area contributed by atoms with Crippen molar-refractivity contribution >= 4 is 0 Å². The number of rotatable bonds is 7. The third-order valence-corrected chi connectivity index (χ3v) is 3.00. The van der Waals surface area contributed by atoms with E-state index in [1.165, 1.54) is 0 Å². The van der Waals surface area contributed by atoms with Crippen molar-refractivity contribution in [2.45, 2.75) is 53.2 Å². The van der Waals surface area contributed by atoms with Gasteiger partial charge in [0.2, 0.25) is 0 Å². The molecule has 3 heteroatoms. The van der Waals surface area contributed by atoms with Crippen molar-refractivity contribution in [3.63, 3.8) is 0 Å². The minimum absolute atomic E-state index is 0.106. The van der Waals surface area contributed by atoms with Gasteiger partial charge in [-0.1, -0.05) is 13.8 Å². The normalized spacial score (nSPS) is 13.3. The van der Waals surface area contributed by atoms with Crippen molar-refractivity contribution in [3.05, 3.63) is 24.3 Å². The van der Waals surface area contributed by atoms with E-state index in [0.29, 0.717) is 12.5 Å². The number of benzene rings is 1. The largest absolute Gasteiger partial charge is 0.494 e. The van der Waals surface area contributed by atoms with Crippen molar-refractivity contribution in [2.75, 3.05) is 13.2 Å². The summed E-state index contributed by atoms with van der Waals surface area (Å²) in [5.74, 6) is 2.23. The van der Waals surface area contributed by atoms with Crippen LogP contribution in [-0.4, -0.2) is 24.8 Å². The van der Waals surface area contributed by atoms with Crippen molar-refractivity contribution in [2.24, 2.45) is 5.92 Å². The molecule has 114 valence electrons. The lowest BCUT2D eigenvalue weighted by atomic mass is 10.0. The van der Waals surface area contributed by atoms with Gasteiger partial charge in [-0.2, -0.15) is 0 Å². The molecule has 1 atom stereocenters. The average Bonchev–Trinajstić information content (AvgIpc) is 2.35. The fourth-order valence-electron chi connectivity index (χ4n) is 1.78. The first-order chi connectivity index (χ1) is 9.31. The Morgan fingerprint density at radius 2 is 1.60 bits per heavy atom. The molecule has 1 rings (SSSR count). The maximum absolute atomic E-state index is 6.09. The molecule has 0 amide bonds. The first kappa shape index (κ1) is 16.8. The smallest absolute Gasteiger partial charge is 0.120 e. The van der Waals surface area contributed by atoms with Crippen LogP contribution in [0.5, 0.6) is 11.5 Å². The van der Waals surface area contributed by atoms with Crippen molar-refractivity contribution in [1.29, 1.82) is 0 Å². The second kappa shape index (κ2) is 7.53. The number of hydrogen-bond acceptors (Lipinski definition) is 3. The number of nitrogens with one attached hydrogen (secondary N) is 1. The summed E-state index contributed by atoms with van der Waals surface area (Å²) in [6.07, 6.45) is 0.159. The fraction of sp³-hybridized carbons (Fsp3) is 0.647. The van der Waals surface area contributed by atoms with Crippen LogP contribution in [0.1, 0.15) is 41.5 Å². The molecule has 0 saturated heterocycles. The van der Waals surface area contributed by atoms with Crippen LogP contribution in [0.3, 0.4) is 0 Å². The Kier molecular flexibility index (Phi) is 6.34. The Morgan fingerprint density at radius 1 is 1.05 bits per heavy atom. The third-order valence-electron chi connectivity index (χ3n) is 3.00. The molecular weight excluding hydrogens is 250 g/mol. The molecule has 1 N–H and O–H groups in total. The highest BCUT2D eigenvalue weighted by molar-refractivity contribution is 5.31. The molecular formula is C17H29NO2. The van der Waals surface area contributed by atoms with E-state index in [9.17, 15) is 0 Å². The molecule has 0 heterocycles. The molecule has 0 aliphatic carbocycles. The predicted molar refractivity (Wildman–Crippen MR) is 84.6 cm³/mol. The van der Waals surface area contributed by atoms with Gasteiger partial charge in [0, 0.05) is 12.1 Å². The second-order valence-corrected chi connectivity index (χ2v) is 6.44. The standard InChI is InChI=1S/C17H29NO2/c1-7-19-14-8-10-15(11-9-14)20-16(13(2)3)12-18-17(4,5)6/h8-11,13,16,18H,7,12H2,1-6H3. The summed E-state index contributed by atoms with van der Waals surface area (Å²) in [5.41, 5.74) is 0.106. The summed E-state index contributed by atoms with van der Waals surface area (Å²) in [4.78, 5) is 0. The van der Waals surface area contributed by atoms with Gasteiger partial charge in [0.25, 0.3) is 0 Å². The number of hydrogen-bond donors (Lipinski definition) is 1. The molecule has 0 aliphatic heterocycles. The summed E-state index contributed by atoms with van der Waals surface area (Å²) in [6.45, 7) is 14.4. The predicted octanol–water partition coefficient (Wildman–Crippen LogP) is 3.88. The SMILES string of the molecule is CCOc1ccc(OC(CNC(C)(C)C)C(C)C)cc1. The zero-order chi connectivity index (χ0) is 15.2. The van der Waals surface area contributed by atoms with Crippen LogP contribution in [-0.2, 0) is 0 Å². The first-order valence-electron chi connectivity index (χ1n) is 7.46. The molecule has 3 nitrogen and oxygen atoms in total. The Balaban J connectivity index is 2.61. The summed E-state index contributed by atoms with van der Waals surface area (Å²) in [6, 6.07) is 7.84. The molecule has 0 bridgehead atoms. The zero-order valence-corrected chi connectivity index (χ0v) is 13.7. The quantitative estimate of drug-likeness (QED) is 0.821. The van der Waals surface area contributed by atoms with Gasteiger partial charge in [-0.25, -0.2) is 0 Å². The van der Waals surface area contributed by atoms with E-state index in [1.54, 1.807) is 0 Å². The lowest BCUT2D eigenvalue weighted by molar-refractivity contribution is 0.139. The molecule has 20 heavy (non-hydrogen) atoms. The van der Waals surface area contributed by atoms with Crippen LogP contribution in [0.25, 0.3) is 0 Å². The number of ether oxygens (including phenoxy) is 2. The van der Waals surface area contributed by atoms with Crippen LogP contribution in [0.2, 0.25) is 0 Å². The van der Waals surface area contributed by atoms with Crippen molar-refractivity contribution < 1.29 is 9.47 Å². The van der Waals surface area contributed by atoms with E-state index in [1.807, 2.05) is 31.2 Å².